The molecule has 2 aromatic rings. The molecule has 2 rings (SSSR count). The molecule has 1 aromatic carbocycles. The van der Waals surface area contributed by atoms with Gasteiger partial charge in [-0.2, -0.15) is 0 Å². The van der Waals surface area contributed by atoms with Crippen molar-refractivity contribution in [3.63, 3.8) is 0 Å². The molecule has 0 aliphatic heterocycles. The van der Waals surface area contributed by atoms with Gasteiger partial charge in [0, 0.05) is 16.1 Å². The number of hydrogen-bond donors (Lipinski definition) is 1. The van der Waals surface area contributed by atoms with Crippen LogP contribution in [-0.2, 0) is 15.6 Å². The minimum atomic E-state index is -3.48. The molecule has 0 saturated heterocycles. The van der Waals surface area contributed by atoms with Crippen molar-refractivity contribution in [2.45, 2.75) is 10.6 Å². The molecule has 2 N–H and O–H groups in total. The number of sulfone groups is 1. The van der Waals surface area contributed by atoms with Gasteiger partial charge in [-0.05, 0) is 18.2 Å². The summed E-state index contributed by atoms with van der Waals surface area (Å²) >= 11 is 7.07. The van der Waals surface area contributed by atoms with Crippen LogP contribution in [0.2, 0.25) is 5.02 Å². The highest BCUT2D eigenvalue weighted by atomic mass is 35.5. The lowest BCUT2D eigenvalue weighted by atomic mass is 10.3. The molecule has 17 heavy (non-hydrogen) atoms. The van der Waals surface area contributed by atoms with Crippen molar-refractivity contribution in [2.75, 3.05) is 5.73 Å². The molecule has 90 valence electrons. The largest absolute Gasteiger partial charge is 0.398 e. The van der Waals surface area contributed by atoms with Gasteiger partial charge in [0.2, 0.25) is 0 Å². The van der Waals surface area contributed by atoms with Gasteiger partial charge in [0.15, 0.2) is 9.84 Å². The van der Waals surface area contributed by atoms with Crippen molar-refractivity contribution in [3.05, 3.63) is 39.8 Å². The van der Waals surface area contributed by atoms with E-state index in [0.29, 0.717) is 9.90 Å². The predicted molar refractivity (Wildman–Crippen MR) is 68.9 cm³/mol. The molecule has 0 bridgehead atoms. The van der Waals surface area contributed by atoms with E-state index in [0.717, 1.165) is 0 Å². The smallest absolute Gasteiger partial charge is 0.185 e. The second-order valence-electron chi connectivity index (χ2n) is 3.41. The Morgan fingerprint density at radius 1 is 1.41 bits per heavy atom. The molecule has 7 heteroatoms. The second kappa shape index (κ2) is 4.64. The van der Waals surface area contributed by atoms with Crippen LogP contribution in [0.5, 0.6) is 0 Å². The Morgan fingerprint density at radius 3 is 2.82 bits per heavy atom. The quantitative estimate of drug-likeness (QED) is 0.880. The summed E-state index contributed by atoms with van der Waals surface area (Å²) in [5.74, 6) is -0.109. The first-order valence-electron chi connectivity index (χ1n) is 4.64. The number of nitrogen functional groups attached to an aromatic ring is 1. The number of anilines is 1. The predicted octanol–water partition coefficient (Wildman–Crippen LogP) is 2.35. The normalized spacial score (nSPS) is 11.6. The van der Waals surface area contributed by atoms with Crippen LogP contribution in [0.15, 0.2) is 34.8 Å². The van der Waals surface area contributed by atoms with Gasteiger partial charge < -0.3 is 5.73 Å². The Labute approximate surface area is 108 Å². The van der Waals surface area contributed by atoms with Gasteiger partial charge in [-0.15, -0.1) is 11.3 Å². The Hall–Kier alpha value is -1.11. The maximum Gasteiger partial charge on any atom is 0.185 e. The van der Waals surface area contributed by atoms with E-state index in [1.807, 2.05) is 0 Å². The average molecular weight is 289 g/mol. The van der Waals surface area contributed by atoms with Gasteiger partial charge in [-0.1, -0.05) is 11.6 Å². The molecular formula is C10H9ClN2O2S2. The lowest BCUT2D eigenvalue weighted by molar-refractivity contribution is 0.596. The van der Waals surface area contributed by atoms with E-state index < -0.39 is 9.84 Å². The SMILES string of the molecule is Nc1ccc(Cl)cc1S(=O)(=O)Cc1cncs1. The summed E-state index contributed by atoms with van der Waals surface area (Å²) in [7, 11) is -3.48. The molecule has 0 saturated carbocycles. The molecule has 1 heterocycles. The Morgan fingerprint density at radius 2 is 2.18 bits per heavy atom. The highest BCUT2D eigenvalue weighted by Crippen LogP contribution is 2.26. The van der Waals surface area contributed by atoms with Crippen molar-refractivity contribution >= 4 is 38.5 Å². The van der Waals surface area contributed by atoms with E-state index in [2.05, 4.69) is 4.98 Å². The molecule has 0 aliphatic carbocycles. The first-order chi connectivity index (χ1) is 7.99. The van der Waals surface area contributed by atoms with Gasteiger partial charge >= 0.3 is 0 Å². The third kappa shape index (κ3) is 2.77. The van der Waals surface area contributed by atoms with Gasteiger partial charge in [-0.25, -0.2) is 8.42 Å². The number of hydrogen-bond acceptors (Lipinski definition) is 5. The van der Waals surface area contributed by atoms with E-state index in [-0.39, 0.29) is 16.3 Å². The van der Waals surface area contributed by atoms with Crippen LogP contribution in [0.25, 0.3) is 0 Å². The lowest BCUT2D eigenvalue weighted by Crippen LogP contribution is -2.07. The monoisotopic (exact) mass is 288 g/mol. The zero-order valence-electron chi connectivity index (χ0n) is 8.63. The Bertz CT molecular complexity index is 624. The van der Waals surface area contributed by atoms with E-state index in [1.165, 1.54) is 29.7 Å². The zero-order valence-corrected chi connectivity index (χ0v) is 11.0. The number of benzene rings is 1. The van der Waals surface area contributed by atoms with E-state index in [9.17, 15) is 8.42 Å². The van der Waals surface area contributed by atoms with Crippen molar-refractivity contribution < 1.29 is 8.42 Å². The van der Waals surface area contributed by atoms with Crippen LogP contribution >= 0.6 is 22.9 Å². The minimum absolute atomic E-state index is 0.0680. The van der Waals surface area contributed by atoms with E-state index in [1.54, 1.807) is 11.6 Å². The van der Waals surface area contributed by atoms with Gasteiger partial charge in [-0.3, -0.25) is 4.98 Å². The lowest BCUT2D eigenvalue weighted by Gasteiger charge is -2.06. The van der Waals surface area contributed by atoms with Crippen molar-refractivity contribution in [3.8, 4) is 0 Å². The summed E-state index contributed by atoms with van der Waals surface area (Å²) in [4.78, 5) is 4.58. The highest BCUT2D eigenvalue weighted by Gasteiger charge is 2.19. The number of thiazole rings is 1. The molecule has 1 aromatic heterocycles. The topological polar surface area (TPSA) is 73.1 Å². The Kier molecular flexibility index (Phi) is 3.37. The van der Waals surface area contributed by atoms with Crippen LogP contribution in [0.1, 0.15) is 4.88 Å². The number of rotatable bonds is 3. The summed E-state index contributed by atoms with van der Waals surface area (Å²) in [5.41, 5.74) is 7.45. The second-order valence-corrected chi connectivity index (χ2v) is 6.77. The molecule has 0 atom stereocenters. The molecule has 0 spiro atoms. The number of aromatic nitrogens is 1. The molecule has 0 unspecified atom stereocenters. The third-order valence-corrected chi connectivity index (χ3v) is 5.04. The van der Waals surface area contributed by atoms with Crippen molar-refractivity contribution in [2.24, 2.45) is 0 Å². The first-order valence-corrected chi connectivity index (χ1v) is 7.55. The summed E-state index contributed by atoms with van der Waals surface area (Å²) in [6.07, 6.45) is 1.53. The van der Waals surface area contributed by atoms with Crippen LogP contribution in [0, 0.1) is 0 Å². The molecule has 4 nitrogen and oxygen atoms in total. The van der Waals surface area contributed by atoms with Gasteiger partial charge in [0.25, 0.3) is 0 Å². The molecule has 0 aliphatic rings. The Balaban J connectivity index is 2.41. The van der Waals surface area contributed by atoms with E-state index >= 15 is 0 Å². The van der Waals surface area contributed by atoms with Crippen LogP contribution < -0.4 is 5.73 Å². The fourth-order valence-corrected chi connectivity index (χ4v) is 4.05. The maximum atomic E-state index is 12.1. The third-order valence-electron chi connectivity index (χ3n) is 2.13. The zero-order chi connectivity index (χ0) is 12.5. The highest BCUT2D eigenvalue weighted by molar-refractivity contribution is 7.91. The number of halogens is 1. The van der Waals surface area contributed by atoms with Crippen LogP contribution in [0.3, 0.4) is 0 Å². The summed E-state index contributed by atoms with van der Waals surface area (Å²) in [6.45, 7) is 0. The van der Waals surface area contributed by atoms with Crippen LogP contribution in [0.4, 0.5) is 5.69 Å². The van der Waals surface area contributed by atoms with Gasteiger partial charge in [0.05, 0.1) is 21.8 Å². The summed E-state index contributed by atoms with van der Waals surface area (Å²) in [5, 5.41) is 0.349. The summed E-state index contributed by atoms with van der Waals surface area (Å²) in [6, 6.07) is 4.41. The van der Waals surface area contributed by atoms with Crippen LogP contribution in [-0.4, -0.2) is 13.4 Å². The van der Waals surface area contributed by atoms with Crippen molar-refractivity contribution in [1.29, 1.82) is 0 Å². The standard InChI is InChI=1S/C10H9ClN2O2S2/c11-7-1-2-9(12)10(3-7)17(14,15)5-8-4-13-6-16-8/h1-4,6H,5,12H2. The first kappa shape index (κ1) is 12.3. The molecule has 0 amide bonds. The van der Waals surface area contributed by atoms with Crippen molar-refractivity contribution in [1.82, 2.24) is 4.98 Å². The average Bonchev–Trinajstić information content (AvgIpc) is 2.73. The molecule has 0 radical (unpaired) electrons. The number of nitrogens with two attached hydrogens (primary N) is 1. The minimum Gasteiger partial charge on any atom is -0.398 e. The maximum absolute atomic E-state index is 12.1. The fourth-order valence-electron chi connectivity index (χ4n) is 1.36. The summed E-state index contributed by atoms with van der Waals surface area (Å²) < 4.78 is 24.2. The van der Waals surface area contributed by atoms with Gasteiger partial charge in [0.1, 0.15) is 0 Å². The fraction of sp³-hybridized carbons (Fsp3) is 0.100. The van der Waals surface area contributed by atoms with E-state index in [4.69, 9.17) is 17.3 Å². The molecule has 0 fully saturated rings. The number of nitrogens with zero attached hydrogens (tertiary/aromatic N) is 1. The molecular weight excluding hydrogens is 280 g/mol.